The predicted molar refractivity (Wildman–Crippen MR) is 88.7 cm³/mol. The second-order valence-corrected chi connectivity index (χ2v) is 6.84. The van der Waals surface area contributed by atoms with Crippen LogP contribution in [0.2, 0.25) is 15.1 Å². The summed E-state index contributed by atoms with van der Waals surface area (Å²) in [6.07, 6.45) is 0.252. The van der Waals surface area contributed by atoms with Gasteiger partial charge in [0.25, 0.3) is 0 Å². The highest BCUT2D eigenvalue weighted by Crippen LogP contribution is 2.32. The zero-order chi connectivity index (χ0) is 16.0. The van der Waals surface area contributed by atoms with Crippen LogP contribution in [-0.2, 0) is 14.3 Å². The fourth-order valence-corrected chi connectivity index (χ4v) is 2.76. The topological polar surface area (TPSA) is 55.4 Å². The lowest BCUT2D eigenvalue weighted by molar-refractivity contribution is -0.140. The number of methoxy groups -OCH3 is 1. The van der Waals surface area contributed by atoms with Gasteiger partial charge >= 0.3 is 5.97 Å². The SMILES string of the molecule is COC(=O)CC(C)SCC(=O)Nc1cc(Cl)c(Cl)cc1Cl. The number of carbonyl (C=O) groups excluding carboxylic acids is 2. The van der Waals surface area contributed by atoms with Crippen molar-refractivity contribution in [1.82, 2.24) is 0 Å². The Balaban J connectivity index is 2.51. The number of amides is 1. The third-order valence-corrected chi connectivity index (χ3v) is 4.66. The molecule has 1 atom stereocenters. The molecule has 0 aromatic heterocycles. The molecule has 0 fully saturated rings. The molecular weight excluding hydrogens is 357 g/mol. The normalized spacial score (nSPS) is 11.9. The van der Waals surface area contributed by atoms with Crippen LogP contribution in [0.1, 0.15) is 13.3 Å². The molecule has 8 heteroatoms. The van der Waals surface area contributed by atoms with Gasteiger partial charge in [0.2, 0.25) is 5.91 Å². The number of nitrogens with one attached hydrogen (secondary N) is 1. The van der Waals surface area contributed by atoms with Gasteiger partial charge in [0.15, 0.2) is 0 Å². The molecule has 0 aliphatic heterocycles. The molecule has 0 aliphatic rings. The number of hydrogen-bond donors (Lipinski definition) is 1. The van der Waals surface area contributed by atoms with Crippen molar-refractivity contribution in [3.05, 3.63) is 27.2 Å². The predicted octanol–water partition coefficient (Wildman–Crippen LogP) is 4.27. The van der Waals surface area contributed by atoms with E-state index >= 15 is 0 Å². The number of thioether (sulfide) groups is 1. The maximum atomic E-state index is 11.8. The van der Waals surface area contributed by atoms with Crippen molar-refractivity contribution in [2.24, 2.45) is 0 Å². The van der Waals surface area contributed by atoms with Gasteiger partial charge in [-0.05, 0) is 12.1 Å². The molecule has 0 radical (unpaired) electrons. The summed E-state index contributed by atoms with van der Waals surface area (Å²) in [6, 6.07) is 2.96. The van der Waals surface area contributed by atoms with E-state index in [0.717, 1.165) is 0 Å². The Hall–Kier alpha value is -0.620. The van der Waals surface area contributed by atoms with Crippen molar-refractivity contribution in [3.8, 4) is 0 Å². The van der Waals surface area contributed by atoms with Gasteiger partial charge in [-0.25, -0.2) is 0 Å². The lowest BCUT2D eigenvalue weighted by Crippen LogP contribution is -2.17. The maximum Gasteiger partial charge on any atom is 0.306 e. The van der Waals surface area contributed by atoms with E-state index in [2.05, 4.69) is 10.1 Å². The van der Waals surface area contributed by atoms with Crippen LogP contribution < -0.4 is 5.32 Å². The first-order valence-electron chi connectivity index (χ1n) is 5.96. The summed E-state index contributed by atoms with van der Waals surface area (Å²) in [5.74, 6) is -0.353. The fourth-order valence-electron chi connectivity index (χ4n) is 1.40. The third-order valence-electron chi connectivity index (χ3n) is 2.46. The summed E-state index contributed by atoms with van der Waals surface area (Å²) in [5.41, 5.74) is 0.400. The number of rotatable bonds is 6. The number of ether oxygens (including phenoxy) is 1. The van der Waals surface area contributed by atoms with E-state index in [1.54, 1.807) is 0 Å². The van der Waals surface area contributed by atoms with Crippen molar-refractivity contribution in [2.75, 3.05) is 18.2 Å². The Morgan fingerprint density at radius 3 is 2.48 bits per heavy atom. The minimum absolute atomic E-state index is 0.0209. The van der Waals surface area contributed by atoms with Crippen molar-refractivity contribution >= 4 is 64.1 Å². The van der Waals surface area contributed by atoms with Crippen LogP contribution in [0.15, 0.2) is 12.1 Å². The summed E-state index contributed by atoms with van der Waals surface area (Å²) in [6.45, 7) is 1.85. The lowest BCUT2D eigenvalue weighted by Gasteiger charge is -2.11. The molecule has 0 bridgehead atoms. The summed E-state index contributed by atoms with van der Waals surface area (Å²) >= 11 is 19.0. The Bertz CT molecular complexity index is 540. The maximum absolute atomic E-state index is 11.8. The quantitative estimate of drug-likeness (QED) is 0.600. The monoisotopic (exact) mass is 369 g/mol. The third kappa shape index (κ3) is 6.34. The molecule has 0 saturated heterocycles. The summed E-state index contributed by atoms with van der Waals surface area (Å²) in [4.78, 5) is 22.9. The van der Waals surface area contributed by atoms with Gasteiger partial charge in [-0.15, -0.1) is 11.8 Å². The van der Waals surface area contributed by atoms with Crippen molar-refractivity contribution in [1.29, 1.82) is 0 Å². The second-order valence-electron chi connectivity index (χ2n) is 4.20. The fraction of sp³-hybridized carbons (Fsp3) is 0.385. The van der Waals surface area contributed by atoms with Gasteiger partial charge in [0, 0.05) is 5.25 Å². The zero-order valence-electron chi connectivity index (χ0n) is 11.4. The number of carbonyl (C=O) groups is 2. The molecule has 1 rings (SSSR count). The van der Waals surface area contributed by atoms with E-state index in [0.29, 0.717) is 20.8 Å². The first-order chi connectivity index (χ1) is 9.83. The van der Waals surface area contributed by atoms with Gasteiger partial charge in [-0.3, -0.25) is 9.59 Å². The van der Waals surface area contributed by atoms with Gasteiger partial charge < -0.3 is 10.1 Å². The van der Waals surface area contributed by atoms with Crippen LogP contribution in [-0.4, -0.2) is 30.0 Å². The van der Waals surface area contributed by atoms with Gasteiger partial charge in [0.1, 0.15) is 0 Å². The van der Waals surface area contributed by atoms with Crippen LogP contribution in [0.4, 0.5) is 5.69 Å². The van der Waals surface area contributed by atoms with E-state index in [-0.39, 0.29) is 29.3 Å². The van der Waals surface area contributed by atoms with E-state index in [9.17, 15) is 9.59 Å². The first-order valence-corrected chi connectivity index (χ1v) is 8.14. The van der Waals surface area contributed by atoms with Crippen molar-refractivity contribution < 1.29 is 14.3 Å². The number of halogens is 3. The molecule has 0 spiro atoms. The number of benzene rings is 1. The lowest BCUT2D eigenvalue weighted by atomic mass is 10.3. The van der Waals surface area contributed by atoms with E-state index in [1.807, 2.05) is 6.92 Å². The van der Waals surface area contributed by atoms with Crippen molar-refractivity contribution in [2.45, 2.75) is 18.6 Å². The molecule has 1 aromatic rings. The first kappa shape index (κ1) is 18.4. The molecule has 0 aliphatic carbocycles. The average molecular weight is 371 g/mol. The van der Waals surface area contributed by atoms with Crippen molar-refractivity contribution in [3.63, 3.8) is 0 Å². The molecule has 4 nitrogen and oxygen atoms in total. The van der Waals surface area contributed by atoms with Crippen LogP contribution in [0.25, 0.3) is 0 Å². The summed E-state index contributed by atoms with van der Waals surface area (Å²) in [7, 11) is 1.33. The molecule has 116 valence electrons. The Kier molecular flexibility index (Phi) is 7.66. The van der Waals surface area contributed by atoms with Crippen LogP contribution in [0, 0.1) is 0 Å². The molecular formula is C13H14Cl3NO3S. The second kappa shape index (κ2) is 8.73. The van der Waals surface area contributed by atoms with Crippen LogP contribution in [0.3, 0.4) is 0 Å². The average Bonchev–Trinajstić information content (AvgIpc) is 2.42. The summed E-state index contributed by atoms with van der Waals surface area (Å²) < 4.78 is 4.57. The van der Waals surface area contributed by atoms with Crippen LogP contribution >= 0.6 is 46.6 Å². The molecule has 1 N–H and O–H groups in total. The van der Waals surface area contributed by atoms with Gasteiger partial charge in [0.05, 0.1) is 40.0 Å². The number of esters is 1. The number of anilines is 1. The molecule has 0 saturated carbocycles. The standard InChI is InChI=1S/C13H14Cl3NO3S/c1-7(3-13(19)20-2)21-6-12(18)17-11-5-9(15)8(14)4-10(11)16/h4-5,7H,3,6H2,1-2H3,(H,17,18). The van der Waals surface area contributed by atoms with Gasteiger partial charge in [-0.2, -0.15) is 0 Å². The molecule has 0 heterocycles. The van der Waals surface area contributed by atoms with E-state index in [1.165, 1.54) is 31.0 Å². The minimum atomic E-state index is -0.303. The summed E-state index contributed by atoms with van der Waals surface area (Å²) in [5, 5.41) is 3.57. The van der Waals surface area contributed by atoms with Crippen LogP contribution in [0.5, 0.6) is 0 Å². The number of hydrogen-bond acceptors (Lipinski definition) is 4. The highest BCUT2D eigenvalue weighted by molar-refractivity contribution is 8.00. The van der Waals surface area contributed by atoms with Gasteiger partial charge in [-0.1, -0.05) is 41.7 Å². The molecule has 1 unspecified atom stereocenters. The molecule has 1 aromatic carbocycles. The Morgan fingerprint density at radius 2 is 1.86 bits per heavy atom. The minimum Gasteiger partial charge on any atom is -0.469 e. The Labute approximate surface area is 142 Å². The van der Waals surface area contributed by atoms with E-state index in [4.69, 9.17) is 34.8 Å². The highest BCUT2D eigenvalue weighted by atomic mass is 35.5. The Morgan fingerprint density at radius 1 is 1.24 bits per heavy atom. The zero-order valence-corrected chi connectivity index (χ0v) is 14.5. The smallest absolute Gasteiger partial charge is 0.306 e. The molecule has 21 heavy (non-hydrogen) atoms. The van der Waals surface area contributed by atoms with E-state index < -0.39 is 0 Å². The largest absolute Gasteiger partial charge is 0.469 e. The molecule has 1 amide bonds. The highest BCUT2D eigenvalue weighted by Gasteiger charge is 2.13.